The Morgan fingerprint density at radius 2 is 1.94 bits per heavy atom. The van der Waals surface area contributed by atoms with Crippen molar-refractivity contribution in [2.75, 3.05) is 19.8 Å². The summed E-state index contributed by atoms with van der Waals surface area (Å²) in [6.07, 6.45) is 2.01. The average Bonchev–Trinajstić information content (AvgIpc) is 2.84. The fourth-order valence-corrected chi connectivity index (χ4v) is 2.04. The van der Waals surface area contributed by atoms with E-state index in [0.717, 1.165) is 32.1 Å². The topological polar surface area (TPSA) is 21.3 Å². The predicted octanol–water partition coefficient (Wildman–Crippen LogP) is 2.62. The third kappa shape index (κ3) is 3.46. The molecule has 1 heterocycles. The van der Waals surface area contributed by atoms with Crippen LogP contribution < -0.4 is 5.32 Å². The van der Waals surface area contributed by atoms with Crippen LogP contribution in [0.2, 0.25) is 0 Å². The summed E-state index contributed by atoms with van der Waals surface area (Å²) < 4.78 is 44.2. The van der Waals surface area contributed by atoms with Crippen LogP contribution in [-0.4, -0.2) is 19.8 Å². The van der Waals surface area contributed by atoms with Crippen LogP contribution in [-0.2, 0) is 11.3 Å². The lowest BCUT2D eigenvalue weighted by atomic mass is 10.1. The number of hydrogen-bond donors (Lipinski definition) is 1. The molecule has 0 aliphatic carbocycles. The predicted molar refractivity (Wildman–Crippen MR) is 61.6 cm³/mol. The Kier molecular flexibility index (Phi) is 4.60. The quantitative estimate of drug-likeness (QED) is 0.648. The molecule has 18 heavy (non-hydrogen) atoms. The number of benzene rings is 1. The standard InChI is InChI=1S/C13H16F3NO/c14-11-6-13(16)12(15)5-10(11)7-17-3-1-9-2-4-18-8-9/h5-6,9,17H,1-4,7-8H2. The van der Waals surface area contributed by atoms with Crippen molar-refractivity contribution in [1.82, 2.24) is 5.32 Å². The van der Waals surface area contributed by atoms with Crippen molar-refractivity contribution < 1.29 is 17.9 Å². The number of nitrogens with one attached hydrogen (secondary N) is 1. The van der Waals surface area contributed by atoms with Gasteiger partial charge in [0.25, 0.3) is 0 Å². The number of rotatable bonds is 5. The van der Waals surface area contributed by atoms with Crippen LogP contribution in [0.3, 0.4) is 0 Å². The summed E-state index contributed by atoms with van der Waals surface area (Å²) in [4.78, 5) is 0. The summed E-state index contributed by atoms with van der Waals surface area (Å²) in [5, 5.41) is 3.03. The van der Waals surface area contributed by atoms with E-state index in [1.807, 2.05) is 0 Å². The van der Waals surface area contributed by atoms with Gasteiger partial charge < -0.3 is 10.1 Å². The first kappa shape index (κ1) is 13.4. The summed E-state index contributed by atoms with van der Waals surface area (Å²) in [7, 11) is 0. The molecule has 1 fully saturated rings. The lowest BCUT2D eigenvalue weighted by molar-refractivity contribution is 0.184. The zero-order chi connectivity index (χ0) is 13.0. The van der Waals surface area contributed by atoms with Gasteiger partial charge >= 0.3 is 0 Å². The van der Waals surface area contributed by atoms with Crippen molar-refractivity contribution in [3.05, 3.63) is 35.1 Å². The van der Waals surface area contributed by atoms with Crippen molar-refractivity contribution >= 4 is 0 Å². The summed E-state index contributed by atoms with van der Waals surface area (Å²) in [6, 6.07) is 1.48. The average molecular weight is 259 g/mol. The molecule has 0 saturated carbocycles. The molecule has 1 aromatic carbocycles. The molecular formula is C13H16F3NO. The van der Waals surface area contributed by atoms with Crippen LogP contribution in [0, 0.1) is 23.4 Å². The molecule has 1 aliphatic heterocycles. The number of ether oxygens (including phenoxy) is 1. The van der Waals surface area contributed by atoms with E-state index in [-0.39, 0.29) is 12.1 Å². The van der Waals surface area contributed by atoms with Gasteiger partial charge in [0.2, 0.25) is 0 Å². The van der Waals surface area contributed by atoms with Crippen LogP contribution in [0.5, 0.6) is 0 Å². The van der Waals surface area contributed by atoms with Crippen molar-refractivity contribution in [3.8, 4) is 0 Å². The lowest BCUT2D eigenvalue weighted by Gasteiger charge is -2.09. The van der Waals surface area contributed by atoms with Crippen LogP contribution in [0.15, 0.2) is 12.1 Å². The van der Waals surface area contributed by atoms with Crippen LogP contribution in [0.1, 0.15) is 18.4 Å². The Morgan fingerprint density at radius 3 is 2.67 bits per heavy atom. The molecule has 5 heteroatoms. The van der Waals surface area contributed by atoms with Gasteiger partial charge in [0, 0.05) is 31.4 Å². The van der Waals surface area contributed by atoms with Crippen LogP contribution in [0.25, 0.3) is 0 Å². The molecule has 1 unspecified atom stereocenters. The van der Waals surface area contributed by atoms with E-state index in [2.05, 4.69) is 5.32 Å². The molecule has 1 aliphatic rings. The molecule has 1 saturated heterocycles. The maximum atomic E-state index is 13.3. The van der Waals surface area contributed by atoms with Gasteiger partial charge in [0.1, 0.15) is 5.82 Å². The highest BCUT2D eigenvalue weighted by molar-refractivity contribution is 5.19. The van der Waals surface area contributed by atoms with E-state index < -0.39 is 17.5 Å². The minimum atomic E-state index is -1.15. The molecular weight excluding hydrogens is 243 g/mol. The summed E-state index contributed by atoms with van der Waals surface area (Å²) in [6.45, 7) is 2.51. The molecule has 0 spiro atoms. The maximum Gasteiger partial charge on any atom is 0.161 e. The van der Waals surface area contributed by atoms with Crippen molar-refractivity contribution in [3.63, 3.8) is 0 Å². The summed E-state index contributed by atoms with van der Waals surface area (Å²) in [5.74, 6) is -2.34. The zero-order valence-electron chi connectivity index (χ0n) is 10.0. The van der Waals surface area contributed by atoms with E-state index in [9.17, 15) is 13.2 Å². The van der Waals surface area contributed by atoms with E-state index in [4.69, 9.17) is 4.74 Å². The minimum absolute atomic E-state index is 0.150. The largest absolute Gasteiger partial charge is 0.381 e. The molecule has 0 bridgehead atoms. The van der Waals surface area contributed by atoms with Gasteiger partial charge in [0.05, 0.1) is 0 Å². The Hall–Kier alpha value is -1.07. The van der Waals surface area contributed by atoms with Crippen molar-refractivity contribution in [2.24, 2.45) is 5.92 Å². The molecule has 0 radical (unpaired) electrons. The van der Waals surface area contributed by atoms with Crippen LogP contribution in [0.4, 0.5) is 13.2 Å². The molecule has 1 N–H and O–H groups in total. The highest BCUT2D eigenvalue weighted by Gasteiger charge is 2.15. The molecule has 1 aromatic rings. The first-order valence-electron chi connectivity index (χ1n) is 6.08. The molecule has 2 rings (SSSR count). The zero-order valence-corrected chi connectivity index (χ0v) is 10.0. The SMILES string of the molecule is Fc1cc(F)c(CNCCC2CCOC2)cc1F. The third-order valence-electron chi connectivity index (χ3n) is 3.16. The molecule has 0 aromatic heterocycles. The highest BCUT2D eigenvalue weighted by atomic mass is 19.2. The molecule has 2 nitrogen and oxygen atoms in total. The van der Waals surface area contributed by atoms with Gasteiger partial charge in [0.15, 0.2) is 11.6 Å². The Labute approximate surface area is 104 Å². The van der Waals surface area contributed by atoms with Crippen molar-refractivity contribution in [1.29, 1.82) is 0 Å². The fraction of sp³-hybridized carbons (Fsp3) is 0.538. The van der Waals surface area contributed by atoms with Crippen LogP contribution >= 0.6 is 0 Å². The first-order chi connectivity index (χ1) is 8.66. The second kappa shape index (κ2) is 6.20. The monoisotopic (exact) mass is 259 g/mol. The Morgan fingerprint density at radius 1 is 1.17 bits per heavy atom. The van der Waals surface area contributed by atoms with Crippen molar-refractivity contribution in [2.45, 2.75) is 19.4 Å². The summed E-state index contributed by atoms with van der Waals surface area (Å²) in [5.41, 5.74) is 0.150. The van der Waals surface area contributed by atoms with Gasteiger partial charge in [-0.2, -0.15) is 0 Å². The van der Waals surface area contributed by atoms with Gasteiger partial charge in [-0.15, -0.1) is 0 Å². The second-order valence-corrected chi connectivity index (χ2v) is 4.55. The Bertz CT molecular complexity index is 405. The minimum Gasteiger partial charge on any atom is -0.381 e. The van der Waals surface area contributed by atoms with E-state index in [0.29, 0.717) is 18.5 Å². The molecule has 1 atom stereocenters. The maximum absolute atomic E-state index is 13.3. The first-order valence-corrected chi connectivity index (χ1v) is 6.08. The second-order valence-electron chi connectivity index (χ2n) is 4.55. The Balaban J connectivity index is 1.77. The fourth-order valence-electron chi connectivity index (χ4n) is 2.04. The van der Waals surface area contributed by atoms with Gasteiger partial charge in [-0.3, -0.25) is 0 Å². The van der Waals surface area contributed by atoms with Gasteiger partial charge in [-0.05, 0) is 31.4 Å². The summed E-state index contributed by atoms with van der Waals surface area (Å²) >= 11 is 0. The molecule has 100 valence electrons. The number of halogens is 3. The smallest absolute Gasteiger partial charge is 0.161 e. The third-order valence-corrected chi connectivity index (χ3v) is 3.16. The van der Waals surface area contributed by atoms with Gasteiger partial charge in [-0.1, -0.05) is 0 Å². The van der Waals surface area contributed by atoms with E-state index >= 15 is 0 Å². The van der Waals surface area contributed by atoms with E-state index in [1.54, 1.807) is 0 Å². The highest BCUT2D eigenvalue weighted by Crippen LogP contribution is 2.16. The van der Waals surface area contributed by atoms with E-state index in [1.165, 1.54) is 0 Å². The molecule has 0 amide bonds. The number of hydrogen-bond acceptors (Lipinski definition) is 2. The van der Waals surface area contributed by atoms with Gasteiger partial charge in [-0.25, -0.2) is 13.2 Å². The lowest BCUT2D eigenvalue weighted by Crippen LogP contribution is -2.19. The normalized spacial score (nSPS) is 19.4.